The molecule has 2 aromatic carbocycles. The molecule has 0 aromatic heterocycles. The van der Waals surface area contributed by atoms with Crippen LogP contribution in [0.3, 0.4) is 0 Å². The molecule has 3 rings (SSSR count). The number of hydrogen-bond donors (Lipinski definition) is 11. The third-order valence-electron chi connectivity index (χ3n) is 8.04. The van der Waals surface area contributed by atoms with Gasteiger partial charge in [-0.05, 0) is 42.0 Å². The van der Waals surface area contributed by atoms with Gasteiger partial charge in [-0.2, -0.15) is 0 Å². The standard InChI is InChI=1S/C34H48N6O11/c1-18(2)12-23(32(48)37-15-25-28(44)29(45)30(46)34(50)51-25)40-33(49)24(14-19-6-4-3-5-7-19)39-27(43)17-36-26(42)16-38-31(47)22(35)13-20-8-10-21(41)11-9-20/h3-11,18,22-25,28-30,34,41,44-46,50H,12-17,35H2,1-2H3,(H,36,42)(H,37,48)(H,38,47)(H,39,43)(H,40,49)/t22-,23-,24-,25+,28+,29-,30+,34?/m0/s1. The minimum atomic E-state index is -1.79. The molecule has 8 atom stereocenters. The van der Waals surface area contributed by atoms with Gasteiger partial charge in [0.25, 0.3) is 0 Å². The first-order valence-electron chi connectivity index (χ1n) is 16.5. The van der Waals surface area contributed by atoms with E-state index in [1.54, 1.807) is 42.5 Å². The van der Waals surface area contributed by atoms with Crippen LogP contribution >= 0.6 is 0 Å². The van der Waals surface area contributed by atoms with Crippen LogP contribution in [0, 0.1) is 5.92 Å². The molecule has 1 unspecified atom stereocenters. The van der Waals surface area contributed by atoms with Crippen molar-refractivity contribution in [3.05, 3.63) is 65.7 Å². The second-order valence-corrected chi connectivity index (χ2v) is 12.8. The zero-order valence-electron chi connectivity index (χ0n) is 28.4. The Morgan fingerprint density at radius 2 is 1.33 bits per heavy atom. The van der Waals surface area contributed by atoms with E-state index in [9.17, 15) is 49.5 Å². The molecule has 1 saturated heterocycles. The number of nitrogens with two attached hydrogens (primary N) is 1. The molecule has 0 saturated carbocycles. The third-order valence-corrected chi connectivity index (χ3v) is 8.04. The lowest BCUT2D eigenvalue weighted by molar-refractivity contribution is -0.280. The molecule has 12 N–H and O–H groups in total. The van der Waals surface area contributed by atoms with Crippen molar-refractivity contribution < 1.29 is 54.2 Å². The second kappa shape index (κ2) is 19.7. The van der Waals surface area contributed by atoms with E-state index in [-0.39, 0.29) is 37.5 Å². The smallest absolute Gasteiger partial charge is 0.243 e. The Bertz CT molecular complexity index is 1460. The SMILES string of the molecule is CC(C)C[C@H](NC(=O)[C@H](Cc1ccccc1)NC(=O)CNC(=O)CNC(=O)[C@@H](N)Cc1ccc(O)cc1)C(=O)NC[C@H]1OC(O)[C@H](O)[C@@H](O)[C@@H]1O. The minimum absolute atomic E-state index is 0.0393. The second-order valence-electron chi connectivity index (χ2n) is 12.8. The molecule has 17 heteroatoms. The topological polar surface area (TPSA) is 282 Å². The van der Waals surface area contributed by atoms with Crippen LogP contribution in [-0.2, 0) is 41.6 Å². The van der Waals surface area contributed by atoms with Crippen molar-refractivity contribution >= 4 is 29.5 Å². The lowest BCUT2D eigenvalue weighted by Crippen LogP contribution is -2.61. The largest absolute Gasteiger partial charge is 0.508 e. The summed E-state index contributed by atoms with van der Waals surface area (Å²) in [5.41, 5.74) is 7.32. The highest BCUT2D eigenvalue weighted by Gasteiger charge is 2.43. The van der Waals surface area contributed by atoms with Crippen LogP contribution in [0.2, 0.25) is 0 Å². The highest BCUT2D eigenvalue weighted by molar-refractivity contribution is 5.94. The number of carbonyl (C=O) groups excluding carboxylic acids is 5. The van der Waals surface area contributed by atoms with E-state index in [0.717, 1.165) is 0 Å². The summed E-state index contributed by atoms with van der Waals surface area (Å²) >= 11 is 0. The molecule has 0 radical (unpaired) electrons. The maximum absolute atomic E-state index is 13.6. The molecule has 0 bridgehead atoms. The van der Waals surface area contributed by atoms with Gasteiger partial charge in [-0.1, -0.05) is 56.3 Å². The molecule has 0 spiro atoms. The summed E-state index contributed by atoms with van der Waals surface area (Å²) in [7, 11) is 0. The number of phenolic OH excluding ortho intramolecular Hbond substituents is 1. The van der Waals surface area contributed by atoms with Crippen molar-refractivity contribution in [2.45, 2.75) is 81.9 Å². The van der Waals surface area contributed by atoms with Crippen molar-refractivity contribution in [2.75, 3.05) is 19.6 Å². The van der Waals surface area contributed by atoms with Crippen LogP contribution < -0.4 is 32.3 Å². The van der Waals surface area contributed by atoms with E-state index in [0.29, 0.717) is 11.1 Å². The number of hydrogen-bond acceptors (Lipinski definition) is 12. The van der Waals surface area contributed by atoms with E-state index in [1.165, 1.54) is 12.1 Å². The van der Waals surface area contributed by atoms with Gasteiger partial charge in [0.15, 0.2) is 6.29 Å². The molecular weight excluding hydrogens is 668 g/mol. The molecule has 280 valence electrons. The number of aliphatic hydroxyl groups is 4. The molecular formula is C34H48N6O11. The monoisotopic (exact) mass is 716 g/mol. The van der Waals surface area contributed by atoms with Crippen LogP contribution in [0.5, 0.6) is 5.75 Å². The van der Waals surface area contributed by atoms with Gasteiger partial charge >= 0.3 is 0 Å². The van der Waals surface area contributed by atoms with Crippen molar-refractivity contribution in [1.82, 2.24) is 26.6 Å². The van der Waals surface area contributed by atoms with Crippen molar-refractivity contribution in [3.63, 3.8) is 0 Å². The molecule has 2 aromatic rings. The summed E-state index contributed by atoms with van der Waals surface area (Å²) in [6, 6.07) is 11.7. The van der Waals surface area contributed by atoms with Gasteiger partial charge in [-0.3, -0.25) is 24.0 Å². The number of ether oxygens (including phenoxy) is 1. The Balaban J connectivity index is 1.57. The zero-order valence-corrected chi connectivity index (χ0v) is 28.4. The Hall–Kier alpha value is -4.65. The zero-order chi connectivity index (χ0) is 37.7. The lowest BCUT2D eigenvalue weighted by Gasteiger charge is -2.38. The summed E-state index contributed by atoms with van der Waals surface area (Å²) in [5, 5.41) is 61.6. The number of aliphatic hydroxyl groups excluding tert-OH is 4. The Labute approximate surface area is 294 Å². The fourth-order valence-electron chi connectivity index (χ4n) is 5.22. The molecule has 1 fully saturated rings. The van der Waals surface area contributed by atoms with Gasteiger partial charge in [-0.25, -0.2) is 0 Å². The Morgan fingerprint density at radius 1 is 0.706 bits per heavy atom. The quantitative estimate of drug-likeness (QED) is 0.0767. The van der Waals surface area contributed by atoms with Gasteiger partial charge in [0.1, 0.15) is 42.2 Å². The minimum Gasteiger partial charge on any atom is -0.508 e. The number of rotatable bonds is 17. The number of aromatic hydroxyl groups is 1. The first-order valence-corrected chi connectivity index (χ1v) is 16.5. The summed E-state index contributed by atoms with van der Waals surface area (Å²) in [5.74, 6) is -3.37. The first kappa shape index (κ1) is 40.8. The van der Waals surface area contributed by atoms with Gasteiger partial charge in [0.2, 0.25) is 29.5 Å². The maximum atomic E-state index is 13.6. The van der Waals surface area contributed by atoms with Gasteiger partial charge in [0.05, 0.1) is 19.1 Å². The van der Waals surface area contributed by atoms with E-state index in [1.807, 2.05) is 13.8 Å². The van der Waals surface area contributed by atoms with E-state index < -0.39 is 91.5 Å². The number of nitrogens with one attached hydrogen (secondary N) is 5. The predicted octanol–water partition coefficient (Wildman–Crippen LogP) is -3.33. The van der Waals surface area contributed by atoms with Crippen LogP contribution in [0.4, 0.5) is 0 Å². The third kappa shape index (κ3) is 13.2. The Kier molecular flexibility index (Phi) is 15.7. The number of amides is 5. The van der Waals surface area contributed by atoms with Crippen molar-refractivity contribution in [1.29, 1.82) is 0 Å². The van der Waals surface area contributed by atoms with Crippen LogP contribution in [0.15, 0.2) is 54.6 Å². The van der Waals surface area contributed by atoms with Crippen LogP contribution in [0.1, 0.15) is 31.4 Å². The maximum Gasteiger partial charge on any atom is 0.243 e. The summed E-state index contributed by atoms with van der Waals surface area (Å²) < 4.78 is 5.11. The van der Waals surface area contributed by atoms with Gasteiger partial charge in [0, 0.05) is 13.0 Å². The van der Waals surface area contributed by atoms with Crippen molar-refractivity contribution in [2.24, 2.45) is 11.7 Å². The molecule has 0 aliphatic carbocycles. The van der Waals surface area contributed by atoms with Crippen LogP contribution in [0.25, 0.3) is 0 Å². The van der Waals surface area contributed by atoms with Gasteiger partial charge < -0.3 is 62.6 Å². The molecule has 1 aliphatic rings. The first-order chi connectivity index (χ1) is 24.1. The summed E-state index contributed by atoms with van der Waals surface area (Å²) in [6.07, 6.45) is -7.72. The Morgan fingerprint density at radius 3 is 1.98 bits per heavy atom. The molecule has 1 heterocycles. The summed E-state index contributed by atoms with van der Waals surface area (Å²) in [4.78, 5) is 64.4. The predicted molar refractivity (Wildman–Crippen MR) is 181 cm³/mol. The average Bonchev–Trinajstić information content (AvgIpc) is 3.10. The van der Waals surface area contributed by atoms with E-state index in [2.05, 4.69) is 26.6 Å². The molecule has 17 nitrogen and oxygen atoms in total. The lowest BCUT2D eigenvalue weighted by atomic mass is 9.98. The average molecular weight is 717 g/mol. The fourth-order valence-corrected chi connectivity index (χ4v) is 5.22. The number of phenols is 1. The normalized spacial score (nSPS) is 21.8. The van der Waals surface area contributed by atoms with E-state index >= 15 is 0 Å². The van der Waals surface area contributed by atoms with Gasteiger partial charge in [-0.15, -0.1) is 0 Å². The number of benzene rings is 2. The molecule has 5 amide bonds. The van der Waals surface area contributed by atoms with E-state index in [4.69, 9.17) is 10.5 Å². The highest BCUT2D eigenvalue weighted by Crippen LogP contribution is 2.19. The highest BCUT2D eigenvalue weighted by atomic mass is 16.6. The molecule has 1 aliphatic heterocycles. The number of carbonyl (C=O) groups is 5. The fraction of sp³-hybridized carbons (Fsp3) is 0.500. The van der Waals surface area contributed by atoms with Crippen molar-refractivity contribution in [3.8, 4) is 5.75 Å². The van der Waals surface area contributed by atoms with Crippen LogP contribution in [-0.4, -0.2) is 124 Å². The summed E-state index contributed by atoms with van der Waals surface area (Å²) in [6.45, 7) is 2.30. The molecule has 51 heavy (non-hydrogen) atoms.